The minimum absolute atomic E-state index is 0.497. The first-order chi connectivity index (χ1) is 13.4. The first-order valence-corrected chi connectivity index (χ1v) is 11.6. The number of nitrogens with zero attached hydrogens (tertiary/aromatic N) is 2. The van der Waals surface area contributed by atoms with E-state index in [4.69, 9.17) is 0 Å². The lowest BCUT2D eigenvalue weighted by atomic mass is 10.0. The minimum Gasteiger partial charge on any atom is -0.271 e. The Kier molecular flexibility index (Phi) is 15.1. The van der Waals surface area contributed by atoms with Crippen LogP contribution in [0.2, 0.25) is 0 Å². The third kappa shape index (κ3) is 9.89. The maximum absolute atomic E-state index is 4.04. The molecule has 0 radical (unpaired) electrons. The van der Waals surface area contributed by atoms with Crippen molar-refractivity contribution in [2.24, 2.45) is 0 Å². The first-order valence-electron chi connectivity index (χ1n) is 11.6. The van der Waals surface area contributed by atoms with Crippen LogP contribution in [0.3, 0.4) is 0 Å². The molecule has 0 aliphatic rings. The third-order valence-corrected chi connectivity index (χ3v) is 6.19. The highest BCUT2D eigenvalue weighted by atomic mass is 15.5. The van der Waals surface area contributed by atoms with Crippen LogP contribution in [-0.4, -0.2) is 55.4 Å². The Morgan fingerprint density at radius 3 is 1.21 bits per heavy atom. The van der Waals surface area contributed by atoms with Crippen LogP contribution in [0.1, 0.15) is 71.1 Å². The van der Waals surface area contributed by atoms with Gasteiger partial charge in [-0.1, -0.05) is 84.6 Å². The smallest absolute Gasteiger partial charge is 0.217 e. The monoisotopic (exact) mass is 390 g/mol. The molecule has 0 spiro atoms. The van der Waals surface area contributed by atoms with E-state index < -0.39 is 0 Å². The summed E-state index contributed by atoms with van der Waals surface area (Å²) in [6, 6.07) is 0. The molecule has 0 rings (SSSR count). The summed E-state index contributed by atoms with van der Waals surface area (Å²) in [5.41, 5.74) is 0. The predicted molar refractivity (Wildman–Crippen MR) is 128 cm³/mol. The SMILES string of the molecule is C=CC[N+](C)(CC=C)C(CCCCCCCCCCC)[N+](C)(CC=C)CC=C. The molecule has 0 saturated heterocycles. The van der Waals surface area contributed by atoms with Gasteiger partial charge in [0, 0.05) is 0 Å². The second-order valence-electron chi connectivity index (χ2n) is 8.94. The fourth-order valence-electron chi connectivity index (χ4n) is 4.75. The summed E-state index contributed by atoms with van der Waals surface area (Å²) in [7, 11) is 4.73. The molecule has 0 N–H and O–H groups in total. The fourth-order valence-corrected chi connectivity index (χ4v) is 4.75. The normalized spacial score (nSPS) is 12.1. The van der Waals surface area contributed by atoms with Gasteiger partial charge in [0.15, 0.2) is 0 Å². The number of hydrogen-bond donors (Lipinski definition) is 0. The molecule has 0 aromatic heterocycles. The summed E-state index contributed by atoms with van der Waals surface area (Å²) in [6.07, 6.45) is 22.4. The highest BCUT2D eigenvalue weighted by Crippen LogP contribution is 2.27. The summed E-state index contributed by atoms with van der Waals surface area (Å²) in [5, 5.41) is 0. The molecule has 0 fully saturated rings. The fraction of sp³-hybridized carbons (Fsp3) is 0.692. The van der Waals surface area contributed by atoms with E-state index in [0.717, 1.165) is 35.1 Å². The molecule has 0 unspecified atom stereocenters. The van der Waals surface area contributed by atoms with Crippen molar-refractivity contribution in [3.8, 4) is 0 Å². The van der Waals surface area contributed by atoms with Gasteiger partial charge < -0.3 is 0 Å². The molecule has 28 heavy (non-hydrogen) atoms. The van der Waals surface area contributed by atoms with Gasteiger partial charge in [-0.2, -0.15) is 0 Å². The molecule has 0 amide bonds. The van der Waals surface area contributed by atoms with Crippen LogP contribution >= 0.6 is 0 Å². The van der Waals surface area contributed by atoms with Gasteiger partial charge in [-0.05, 0) is 30.7 Å². The average Bonchev–Trinajstić information content (AvgIpc) is 2.64. The van der Waals surface area contributed by atoms with Gasteiger partial charge in [0.2, 0.25) is 6.17 Å². The van der Waals surface area contributed by atoms with Crippen molar-refractivity contribution < 1.29 is 8.97 Å². The van der Waals surface area contributed by atoms with E-state index in [2.05, 4.69) is 71.6 Å². The van der Waals surface area contributed by atoms with Crippen molar-refractivity contribution in [2.75, 3.05) is 40.3 Å². The molecule has 0 aromatic rings. The second kappa shape index (κ2) is 15.8. The van der Waals surface area contributed by atoms with Crippen molar-refractivity contribution >= 4 is 0 Å². The van der Waals surface area contributed by atoms with Crippen LogP contribution in [0.4, 0.5) is 0 Å². The van der Waals surface area contributed by atoms with Crippen molar-refractivity contribution in [1.29, 1.82) is 0 Å². The standard InChI is InChI=1S/C26H50N2/c1-8-13-14-15-16-17-18-19-20-21-26(27(6,22-9-2)23-10-3)28(7,24-11-4)25-12-5/h9-12,26H,2-5,8,13-25H2,1,6-7H3/q+2. The molecule has 162 valence electrons. The average molecular weight is 391 g/mol. The number of likely N-dealkylation sites (N-methyl/N-ethyl adjacent to an activating group) is 2. The molecule has 0 saturated carbocycles. The lowest BCUT2D eigenvalue weighted by Gasteiger charge is -2.49. The number of hydrogen-bond acceptors (Lipinski definition) is 0. The van der Waals surface area contributed by atoms with Gasteiger partial charge in [0.05, 0.1) is 20.5 Å². The molecule has 0 aromatic carbocycles. The maximum atomic E-state index is 4.04. The predicted octanol–water partition coefficient (Wildman–Crippen LogP) is 6.87. The van der Waals surface area contributed by atoms with Crippen molar-refractivity contribution in [1.82, 2.24) is 0 Å². The largest absolute Gasteiger partial charge is 0.271 e. The number of rotatable bonds is 20. The molecular weight excluding hydrogens is 340 g/mol. The van der Waals surface area contributed by atoms with Gasteiger partial charge in [0.1, 0.15) is 26.2 Å². The molecule has 2 heteroatoms. The maximum Gasteiger partial charge on any atom is 0.217 e. The summed E-state index contributed by atoms with van der Waals surface area (Å²) < 4.78 is 1.92. The third-order valence-electron chi connectivity index (χ3n) is 6.19. The van der Waals surface area contributed by atoms with Gasteiger partial charge in [-0.3, -0.25) is 8.97 Å². The lowest BCUT2D eigenvalue weighted by Crippen LogP contribution is -2.67. The molecule has 0 aliphatic heterocycles. The minimum atomic E-state index is 0.497. The zero-order valence-corrected chi connectivity index (χ0v) is 19.5. The number of quaternary nitrogens is 2. The van der Waals surface area contributed by atoms with E-state index in [9.17, 15) is 0 Å². The Morgan fingerprint density at radius 1 is 0.571 bits per heavy atom. The molecule has 0 bridgehead atoms. The molecule has 2 nitrogen and oxygen atoms in total. The highest BCUT2D eigenvalue weighted by Gasteiger charge is 2.43. The molecule has 0 heterocycles. The topological polar surface area (TPSA) is 0 Å². The van der Waals surface area contributed by atoms with E-state index in [1.54, 1.807) is 0 Å². The van der Waals surface area contributed by atoms with Crippen LogP contribution in [0.15, 0.2) is 50.6 Å². The van der Waals surface area contributed by atoms with Crippen molar-refractivity contribution in [3.05, 3.63) is 50.6 Å². The Bertz CT molecular complexity index is 388. The molecule has 0 atom stereocenters. The van der Waals surface area contributed by atoms with E-state index >= 15 is 0 Å². The van der Waals surface area contributed by atoms with Gasteiger partial charge in [-0.15, -0.1) is 0 Å². The Labute approximate surface area is 177 Å². The summed E-state index contributed by atoms with van der Waals surface area (Å²) in [4.78, 5) is 0. The summed E-state index contributed by atoms with van der Waals surface area (Å²) >= 11 is 0. The van der Waals surface area contributed by atoms with Gasteiger partial charge >= 0.3 is 0 Å². The van der Waals surface area contributed by atoms with Gasteiger partial charge in [-0.25, -0.2) is 0 Å². The van der Waals surface area contributed by atoms with E-state index in [-0.39, 0.29) is 0 Å². The van der Waals surface area contributed by atoms with Crippen molar-refractivity contribution in [3.63, 3.8) is 0 Å². The van der Waals surface area contributed by atoms with E-state index in [1.165, 1.54) is 64.2 Å². The molecule has 0 aliphatic carbocycles. The second-order valence-corrected chi connectivity index (χ2v) is 8.94. The van der Waals surface area contributed by atoms with Crippen LogP contribution in [0.25, 0.3) is 0 Å². The van der Waals surface area contributed by atoms with Crippen LogP contribution in [0, 0.1) is 0 Å². The summed E-state index contributed by atoms with van der Waals surface area (Å²) in [5.74, 6) is 0. The van der Waals surface area contributed by atoms with E-state index in [0.29, 0.717) is 6.17 Å². The Morgan fingerprint density at radius 2 is 0.893 bits per heavy atom. The van der Waals surface area contributed by atoms with Crippen LogP contribution in [0.5, 0.6) is 0 Å². The Hall–Kier alpha value is -1.12. The first kappa shape index (κ1) is 26.9. The van der Waals surface area contributed by atoms with Crippen molar-refractivity contribution in [2.45, 2.75) is 77.3 Å². The van der Waals surface area contributed by atoms with Gasteiger partial charge in [0.25, 0.3) is 0 Å². The van der Waals surface area contributed by atoms with E-state index in [1.807, 2.05) is 0 Å². The molecular formula is C26H50N2+2. The van der Waals surface area contributed by atoms with Crippen LogP contribution in [-0.2, 0) is 0 Å². The lowest BCUT2D eigenvalue weighted by molar-refractivity contribution is -1.11. The van der Waals surface area contributed by atoms with Crippen LogP contribution < -0.4 is 0 Å². The zero-order chi connectivity index (χ0) is 21.3. The highest BCUT2D eigenvalue weighted by molar-refractivity contribution is 4.76. The Balaban J connectivity index is 4.94. The zero-order valence-electron chi connectivity index (χ0n) is 19.5. The number of unbranched alkanes of at least 4 members (excludes halogenated alkanes) is 8. The quantitative estimate of drug-likeness (QED) is 0.0920. The summed E-state index contributed by atoms with van der Waals surface area (Å²) in [6.45, 7) is 22.3.